The van der Waals surface area contributed by atoms with Crippen molar-refractivity contribution in [1.29, 1.82) is 0 Å². The highest BCUT2D eigenvalue weighted by atomic mass is 15.3. The molecule has 12 heavy (non-hydrogen) atoms. The van der Waals surface area contributed by atoms with Gasteiger partial charge in [-0.2, -0.15) is 5.10 Å². The summed E-state index contributed by atoms with van der Waals surface area (Å²) in [5.41, 5.74) is 2.11. The van der Waals surface area contributed by atoms with Crippen molar-refractivity contribution in [3.63, 3.8) is 0 Å². The number of nitrogens with one attached hydrogen (secondary N) is 1. The monoisotopic (exact) mass is 162 g/mol. The van der Waals surface area contributed by atoms with Crippen LogP contribution in [0.3, 0.4) is 0 Å². The SMILES string of the molecule is CNCc1ccn2ncnc2c1. The maximum Gasteiger partial charge on any atom is 0.155 e. The fourth-order valence-corrected chi connectivity index (χ4v) is 1.17. The maximum atomic E-state index is 4.09. The molecule has 2 aromatic rings. The van der Waals surface area contributed by atoms with E-state index in [0.29, 0.717) is 0 Å². The largest absolute Gasteiger partial charge is 0.316 e. The van der Waals surface area contributed by atoms with Gasteiger partial charge in [-0.15, -0.1) is 0 Å². The van der Waals surface area contributed by atoms with Gasteiger partial charge in [0.25, 0.3) is 0 Å². The number of rotatable bonds is 2. The molecule has 4 heteroatoms. The molecule has 0 bridgehead atoms. The third-order valence-corrected chi connectivity index (χ3v) is 1.73. The van der Waals surface area contributed by atoms with E-state index in [-0.39, 0.29) is 0 Å². The second-order valence-corrected chi connectivity index (χ2v) is 2.63. The van der Waals surface area contributed by atoms with Crippen molar-refractivity contribution in [3.8, 4) is 0 Å². The van der Waals surface area contributed by atoms with Crippen LogP contribution in [0.25, 0.3) is 5.65 Å². The van der Waals surface area contributed by atoms with E-state index >= 15 is 0 Å². The Morgan fingerprint density at radius 1 is 1.58 bits per heavy atom. The smallest absolute Gasteiger partial charge is 0.155 e. The first-order chi connectivity index (χ1) is 5.90. The molecular formula is C8H10N4. The zero-order valence-corrected chi connectivity index (χ0v) is 6.86. The van der Waals surface area contributed by atoms with Crippen LogP contribution in [-0.2, 0) is 6.54 Å². The van der Waals surface area contributed by atoms with Crippen molar-refractivity contribution in [3.05, 3.63) is 30.2 Å². The summed E-state index contributed by atoms with van der Waals surface area (Å²) in [7, 11) is 1.92. The van der Waals surface area contributed by atoms with Gasteiger partial charge in [0, 0.05) is 12.7 Å². The molecule has 0 radical (unpaired) electrons. The van der Waals surface area contributed by atoms with E-state index in [0.717, 1.165) is 12.2 Å². The van der Waals surface area contributed by atoms with E-state index in [4.69, 9.17) is 0 Å². The van der Waals surface area contributed by atoms with Crippen LogP contribution in [-0.4, -0.2) is 21.6 Å². The zero-order chi connectivity index (χ0) is 8.39. The minimum atomic E-state index is 0.864. The summed E-state index contributed by atoms with van der Waals surface area (Å²) in [5.74, 6) is 0. The molecule has 0 aromatic carbocycles. The average molecular weight is 162 g/mol. The molecule has 2 heterocycles. The third-order valence-electron chi connectivity index (χ3n) is 1.73. The first-order valence-corrected chi connectivity index (χ1v) is 3.83. The van der Waals surface area contributed by atoms with E-state index in [2.05, 4.69) is 15.4 Å². The summed E-state index contributed by atoms with van der Waals surface area (Å²) < 4.78 is 1.75. The molecule has 0 spiro atoms. The van der Waals surface area contributed by atoms with Crippen molar-refractivity contribution in [1.82, 2.24) is 19.9 Å². The zero-order valence-electron chi connectivity index (χ0n) is 6.86. The Morgan fingerprint density at radius 3 is 3.33 bits per heavy atom. The summed E-state index contributed by atoms with van der Waals surface area (Å²) in [4.78, 5) is 4.09. The predicted molar refractivity (Wildman–Crippen MR) is 45.8 cm³/mol. The molecule has 4 nitrogen and oxygen atoms in total. The van der Waals surface area contributed by atoms with Gasteiger partial charge in [-0.25, -0.2) is 9.50 Å². The summed E-state index contributed by atoms with van der Waals surface area (Å²) in [6.07, 6.45) is 3.47. The minimum absolute atomic E-state index is 0.864. The maximum absolute atomic E-state index is 4.09. The number of nitrogens with zero attached hydrogens (tertiary/aromatic N) is 3. The average Bonchev–Trinajstić information content (AvgIpc) is 2.51. The Morgan fingerprint density at radius 2 is 2.50 bits per heavy atom. The lowest BCUT2D eigenvalue weighted by Crippen LogP contribution is -2.05. The molecule has 0 fully saturated rings. The molecule has 2 rings (SSSR count). The molecule has 1 N–H and O–H groups in total. The summed E-state index contributed by atoms with van der Waals surface area (Å²) in [6, 6.07) is 4.04. The molecule has 0 saturated carbocycles. The third kappa shape index (κ3) is 1.16. The standard InChI is InChI=1S/C8H10N4/c1-9-5-7-2-3-12-8(4-7)10-6-11-12/h2-4,6,9H,5H2,1H3. The van der Waals surface area contributed by atoms with Crippen molar-refractivity contribution >= 4 is 5.65 Å². The van der Waals surface area contributed by atoms with E-state index < -0.39 is 0 Å². The van der Waals surface area contributed by atoms with Crippen LogP contribution in [0, 0.1) is 0 Å². The highest BCUT2D eigenvalue weighted by Crippen LogP contribution is 2.02. The van der Waals surface area contributed by atoms with E-state index in [9.17, 15) is 0 Å². The molecular weight excluding hydrogens is 152 g/mol. The molecule has 62 valence electrons. The summed E-state index contributed by atoms with van der Waals surface area (Å²) in [5, 5.41) is 7.09. The van der Waals surface area contributed by atoms with Gasteiger partial charge < -0.3 is 5.32 Å². The normalized spacial score (nSPS) is 10.8. The van der Waals surface area contributed by atoms with Gasteiger partial charge in [-0.1, -0.05) is 0 Å². The van der Waals surface area contributed by atoms with Gasteiger partial charge in [-0.05, 0) is 24.7 Å². The van der Waals surface area contributed by atoms with Gasteiger partial charge in [0.2, 0.25) is 0 Å². The Balaban J connectivity index is 2.46. The van der Waals surface area contributed by atoms with E-state index in [1.54, 1.807) is 10.8 Å². The van der Waals surface area contributed by atoms with Crippen molar-refractivity contribution < 1.29 is 0 Å². The molecule has 0 saturated heterocycles. The molecule has 0 atom stereocenters. The Hall–Kier alpha value is -1.42. The van der Waals surface area contributed by atoms with Crippen LogP contribution in [0.15, 0.2) is 24.7 Å². The van der Waals surface area contributed by atoms with Gasteiger partial charge >= 0.3 is 0 Å². The van der Waals surface area contributed by atoms with Crippen molar-refractivity contribution in [2.24, 2.45) is 0 Å². The molecule has 0 unspecified atom stereocenters. The topological polar surface area (TPSA) is 42.2 Å². The van der Waals surface area contributed by atoms with Crippen LogP contribution in [0.4, 0.5) is 0 Å². The molecule has 0 aliphatic rings. The highest BCUT2D eigenvalue weighted by molar-refractivity contribution is 5.39. The van der Waals surface area contributed by atoms with Crippen LogP contribution in [0.5, 0.6) is 0 Å². The van der Waals surface area contributed by atoms with Crippen LogP contribution < -0.4 is 5.32 Å². The lowest BCUT2D eigenvalue weighted by atomic mass is 10.3. The van der Waals surface area contributed by atoms with Crippen molar-refractivity contribution in [2.45, 2.75) is 6.54 Å². The first-order valence-electron chi connectivity index (χ1n) is 3.83. The first kappa shape index (κ1) is 7.24. The predicted octanol–water partition coefficient (Wildman–Crippen LogP) is 0.449. The minimum Gasteiger partial charge on any atom is -0.316 e. The number of hydrogen-bond acceptors (Lipinski definition) is 3. The second-order valence-electron chi connectivity index (χ2n) is 2.63. The van der Waals surface area contributed by atoms with Gasteiger partial charge in [0.1, 0.15) is 6.33 Å². The van der Waals surface area contributed by atoms with Gasteiger partial charge in [0.05, 0.1) is 0 Å². The summed E-state index contributed by atoms with van der Waals surface area (Å²) >= 11 is 0. The van der Waals surface area contributed by atoms with Crippen LogP contribution >= 0.6 is 0 Å². The highest BCUT2D eigenvalue weighted by Gasteiger charge is 1.95. The molecule has 2 aromatic heterocycles. The van der Waals surface area contributed by atoms with Gasteiger partial charge in [-0.3, -0.25) is 0 Å². The lowest BCUT2D eigenvalue weighted by molar-refractivity contribution is 0.813. The lowest BCUT2D eigenvalue weighted by Gasteiger charge is -1.98. The Kier molecular flexibility index (Phi) is 1.75. The second kappa shape index (κ2) is 2.91. The van der Waals surface area contributed by atoms with Crippen LogP contribution in [0.1, 0.15) is 5.56 Å². The fourth-order valence-electron chi connectivity index (χ4n) is 1.17. The Labute approximate surface area is 70.2 Å². The quantitative estimate of drug-likeness (QED) is 0.697. The Bertz CT molecular complexity index is 379. The number of hydrogen-bond donors (Lipinski definition) is 1. The van der Waals surface area contributed by atoms with Crippen LogP contribution in [0.2, 0.25) is 0 Å². The fraction of sp³-hybridized carbons (Fsp3) is 0.250. The van der Waals surface area contributed by atoms with E-state index in [1.807, 2.05) is 25.4 Å². The molecule has 0 aliphatic carbocycles. The van der Waals surface area contributed by atoms with Crippen molar-refractivity contribution in [2.75, 3.05) is 7.05 Å². The summed E-state index contributed by atoms with van der Waals surface area (Å²) in [6.45, 7) is 0.864. The number of aromatic nitrogens is 3. The van der Waals surface area contributed by atoms with E-state index in [1.165, 1.54) is 5.56 Å². The molecule has 0 amide bonds. The number of fused-ring (bicyclic) bond motifs is 1. The van der Waals surface area contributed by atoms with Gasteiger partial charge in [0.15, 0.2) is 5.65 Å². The number of pyridine rings is 1. The molecule has 0 aliphatic heterocycles.